The Morgan fingerprint density at radius 3 is 2.46 bits per heavy atom. The van der Waals surface area contributed by atoms with E-state index >= 15 is 8.78 Å². The fraction of sp³-hybridized carbons (Fsp3) is 0.281. The van der Waals surface area contributed by atoms with Crippen LogP contribution >= 0.6 is 22.6 Å². The van der Waals surface area contributed by atoms with Crippen LogP contribution in [0.3, 0.4) is 0 Å². The molecule has 250 valence electrons. The number of anilines is 2. The maximum absolute atomic E-state index is 15.1. The summed E-state index contributed by atoms with van der Waals surface area (Å²) in [5, 5.41) is 8.15. The molecule has 0 aliphatic carbocycles. The van der Waals surface area contributed by atoms with Crippen molar-refractivity contribution >= 4 is 51.1 Å². The van der Waals surface area contributed by atoms with Crippen LogP contribution in [0.5, 0.6) is 5.75 Å². The number of alkyl halides is 4. The first-order chi connectivity index (χ1) is 22.7. The number of ether oxygens (including phenoxy) is 2. The Bertz CT molecular complexity index is 2010. The summed E-state index contributed by atoms with van der Waals surface area (Å²) in [5.74, 6) is -1.34. The molecular formula is C32H27F5IN7O3. The van der Waals surface area contributed by atoms with E-state index in [2.05, 4.69) is 20.4 Å². The maximum atomic E-state index is 15.1. The Morgan fingerprint density at radius 2 is 1.77 bits per heavy atom. The van der Waals surface area contributed by atoms with Gasteiger partial charge in [-0.1, -0.05) is 18.2 Å². The van der Waals surface area contributed by atoms with E-state index in [0.29, 0.717) is 22.2 Å². The minimum atomic E-state index is -4.68. The van der Waals surface area contributed by atoms with Crippen LogP contribution in [0.2, 0.25) is 0 Å². The number of benzene rings is 2. The third-order valence-electron chi connectivity index (χ3n) is 7.29. The normalized spacial score (nSPS) is 13.1. The van der Waals surface area contributed by atoms with Gasteiger partial charge in [0.1, 0.15) is 34.6 Å². The Kier molecular flexibility index (Phi) is 8.86. The van der Waals surface area contributed by atoms with Crippen LogP contribution in [0, 0.1) is 11.6 Å². The molecule has 1 amide bonds. The number of pyridine rings is 1. The van der Waals surface area contributed by atoms with Crippen LogP contribution < -0.4 is 10.1 Å². The quantitative estimate of drug-likeness (QED) is 0.0960. The fourth-order valence-electron chi connectivity index (χ4n) is 5.21. The number of aromatic nitrogens is 5. The number of rotatable bonds is 8. The van der Waals surface area contributed by atoms with Gasteiger partial charge in [-0.3, -0.25) is 14.6 Å². The number of nitrogens with one attached hydrogen (secondary N) is 1. The summed E-state index contributed by atoms with van der Waals surface area (Å²) < 4.78 is 81.9. The Labute approximate surface area is 284 Å². The van der Waals surface area contributed by atoms with Crippen molar-refractivity contribution in [2.75, 3.05) is 11.9 Å². The van der Waals surface area contributed by atoms with E-state index in [1.54, 1.807) is 45.0 Å². The van der Waals surface area contributed by atoms with Crippen LogP contribution in [0.25, 0.3) is 22.4 Å². The van der Waals surface area contributed by atoms with Crippen LogP contribution in [-0.2, 0) is 30.5 Å². The van der Waals surface area contributed by atoms with Gasteiger partial charge in [-0.25, -0.2) is 23.5 Å². The number of carbonyl (C=O) groups is 1. The largest absolute Gasteiger partial charge is 0.494 e. The van der Waals surface area contributed by atoms with Crippen molar-refractivity contribution in [2.24, 2.45) is 0 Å². The van der Waals surface area contributed by atoms with Gasteiger partial charge >= 0.3 is 12.3 Å². The van der Waals surface area contributed by atoms with E-state index in [1.807, 2.05) is 22.6 Å². The Morgan fingerprint density at radius 1 is 1.04 bits per heavy atom. The number of amides is 1. The van der Waals surface area contributed by atoms with Crippen molar-refractivity contribution in [3.05, 3.63) is 88.9 Å². The third-order valence-corrected chi connectivity index (χ3v) is 7.51. The minimum absolute atomic E-state index is 0.0200. The summed E-state index contributed by atoms with van der Waals surface area (Å²) in [5.41, 5.74) is 0.371. The van der Waals surface area contributed by atoms with Crippen molar-refractivity contribution in [2.45, 2.75) is 50.2 Å². The van der Waals surface area contributed by atoms with E-state index in [9.17, 15) is 18.0 Å². The molecule has 1 N–H and O–H groups in total. The van der Waals surface area contributed by atoms with Gasteiger partial charge in [0.15, 0.2) is 9.43 Å². The highest BCUT2D eigenvalue weighted by Gasteiger charge is 2.34. The van der Waals surface area contributed by atoms with Crippen molar-refractivity contribution in [1.29, 1.82) is 0 Å². The van der Waals surface area contributed by atoms with Gasteiger partial charge in [-0.2, -0.15) is 18.3 Å². The molecule has 0 radical (unpaired) electrons. The van der Waals surface area contributed by atoms with Crippen molar-refractivity contribution in [3.8, 4) is 17.3 Å². The molecule has 5 aromatic rings. The first kappa shape index (κ1) is 33.3. The second-order valence-electron chi connectivity index (χ2n) is 11.3. The van der Waals surface area contributed by atoms with Gasteiger partial charge in [0.05, 0.1) is 37.5 Å². The van der Waals surface area contributed by atoms with Gasteiger partial charge in [-0.05, 0) is 61.6 Å². The molecule has 0 saturated carbocycles. The molecule has 0 atom stereocenters. The highest BCUT2D eigenvalue weighted by atomic mass is 127. The molecule has 0 unspecified atom stereocenters. The summed E-state index contributed by atoms with van der Waals surface area (Å²) in [6.45, 7) is 5.14. The predicted molar refractivity (Wildman–Crippen MR) is 174 cm³/mol. The maximum Gasteiger partial charge on any atom is 0.433 e. The van der Waals surface area contributed by atoms with Crippen molar-refractivity contribution in [3.63, 3.8) is 0 Å². The zero-order valence-electron chi connectivity index (χ0n) is 25.7. The third kappa shape index (κ3) is 6.97. The number of hydrogen-bond acceptors (Lipinski definition) is 8. The molecule has 0 bridgehead atoms. The molecule has 10 nitrogen and oxygen atoms in total. The minimum Gasteiger partial charge on any atom is -0.494 e. The first-order valence-corrected chi connectivity index (χ1v) is 15.7. The van der Waals surface area contributed by atoms with Crippen LogP contribution in [-0.4, -0.2) is 45.9 Å². The fourth-order valence-corrected chi connectivity index (χ4v) is 5.40. The molecule has 1 aliphatic rings. The number of fused-ring (bicyclic) bond motifs is 2. The summed E-state index contributed by atoms with van der Waals surface area (Å²) in [4.78, 5) is 27.2. The van der Waals surface area contributed by atoms with Crippen LogP contribution in [0.4, 0.5) is 38.3 Å². The lowest BCUT2D eigenvalue weighted by atomic mass is 10.1. The van der Waals surface area contributed by atoms with Gasteiger partial charge < -0.3 is 14.8 Å². The molecule has 3 aromatic heterocycles. The molecule has 6 rings (SSSR count). The molecule has 16 heteroatoms. The number of halogens is 6. The first-order valence-electron chi connectivity index (χ1n) is 14.6. The molecule has 1 aliphatic heterocycles. The van der Waals surface area contributed by atoms with E-state index in [0.717, 1.165) is 24.4 Å². The highest BCUT2D eigenvalue weighted by molar-refractivity contribution is 14.1. The molecule has 0 saturated heterocycles. The second-order valence-corrected chi connectivity index (χ2v) is 13.9. The lowest BCUT2D eigenvalue weighted by Gasteiger charge is -2.22. The van der Waals surface area contributed by atoms with Crippen molar-refractivity contribution < 1.29 is 36.2 Å². The monoisotopic (exact) mass is 779 g/mol. The highest BCUT2D eigenvalue weighted by Crippen LogP contribution is 2.36. The number of hydrogen-bond donors (Lipinski definition) is 1. The van der Waals surface area contributed by atoms with Crippen LogP contribution in [0.1, 0.15) is 43.3 Å². The number of nitrogens with zero attached hydrogens (tertiary/aromatic N) is 6. The van der Waals surface area contributed by atoms with E-state index in [4.69, 9.17) is 14.5 Å². The summed E-state index contributed by atoms with van der Waals surface area (Å²) in [7, 11) is 0. The topological polar surface area (TPSA) is 107 Å². The molecular weight excluding hydrogens is 752 g/mol. The number of para-hydroxylation sites is 1. The lowest BCUT2D eigenvalue weighted by Crippen LogP contribution is -2.31. The average Bonchev–Trinajstić information content (AvgIpc) is 3.60. The predicted octanol–water partition coefficient (Wildman–Crippen LogP) is 8.00. The van der Waals surface area contributed by atoms with E-state index in [-0.39, 0.29) is 60.6 Å². The zero-order chi connectivity index (χ0) is 34.4. The van der Waals surface area contributed by atoms with E-state index in [1.165, 1.54) is 15.6 Å². The molecule has 2 aromatic carbocycles. The summed E-state index contributed by atoms with van der Waals surface area (Å²) in [6.07, 6.45) is -4.28. The smallest absolute Gasteiger partial charge is 0.433 e. The molecule has 4 heterocycles. The Balaban J connectivity index is 1.44. The molecule has 0 spiro atoms. The Hall–Kier alpha value is -4.61. The second kappa shape index (κ2) is 12.8. The summed E-state index contributed by atoms with van der Waals surface area (Å²) in [6, 6.07) is 11.4. The van der Waals surface area contributed by atoms with Gasteiger partial charge in [-0.15, -0.1) is 0 Å². The van der Waals surface area contributed by atoms with Gasteiger partial charge in [0, 0.05) is 40.5 Å². The van der Waals surface area contributed by atoms with Crippen LogP contribution in [0.15, 0.2) is 54.7 Å². The summed E-state index contributed by atoms with van der Waals surface area (Å²) >= 11 is 1.98. The molecule has 48 heavy (non-hydrogen) atoms. The molecule has 0 fully saturated rings. The average molecular weight is 780 g/mol. The van der Waals surface area contributed by atoms with Gasteiger partial charge in [0.2, 0.25) is 0 Å². The van der Waals surface area contributed by atoms with E-state index < -0.39 is 33.2 Å². The number of carbonyl (C=O) groups excluding carboxylic acids is 1. The van der Waals surface area contributed by atoms with Crippen molar-refractivity contribution in [1.82, 2.24) is 29.6 Å². The lowest BCUT2D eigenvalue weighted by molar-refractivity contribution is -0.141. The zero-order valence-corrected chi connectivity index (χ0v) is 27.9. The van der Waals surface area contributed by atoms with Gasteiger partial charge in [0.25, 0.3) is 0 Å². The SMILES string of the molecule is CCOc1cc(F)c(Cn2nc(-c3nc4c(c(Nc5ccnc(C(F)(F)F)c5)n3)CN(C(=O)OC(C)(C)I)C4)c3ccccc32)c(F)c1. The standard InChI is InChI=1S/C32H27F5IN7O3/c1-4-47-18-12-22(33)20(23(34)13-18)15-45-25-8-6-5-7-19(25)27(43-45)29-41-24-16-44(30(46)48-31(2,3)38)14-21(24)28(42-29)40-17-9-10-39-26(11-17)32(35,36)37/h5-13H,4,14-16H2,1-3H3,(H,39,40,41,42).